The highest BCUT2D eigenvalue weighted by Gasteiger charge is 2.26. The Morgan fingerprint density at radius 2 is 2.04 bits per heavy atom. The summed E-state index contributed by atoms with van der Waals surface area (Å²) in [5, 5.41) is 7.89. The standard InChI is InChI=1S/C19H17ClN4O/c1-11-18(12(2)23-22-11)14-8-16(10-21-9-14)24-6-5-13-7-15(20)3-4-17(13)19(24)25/h3-4,7-10H,5-6H2,1-2H3,(H,22,23). The number of carbonyl (C=O) groups excluding carboxylic acids is 1. The fourth-order valence-electron chi connectivity index (χ4n) is 3.39. The molecule has 0 atom stereocenters. The first-order chi connectivity index (χ1) is 12.0. The van der Waals surface area contributed by atoms with Crippen molar-refractivity contribution < 1.29 is 4.79 Å². The molecule has 3 aromatic rings. The van der Waals surface area contributed by atoms with Crippen LogP contribution in [0.3, 0.4) is 0 Å². The van der Waals surface area contributed by atoms with E-state index < -0.39 is 0 Å². The molecule has 1 aromatic carbocycles. The van der Waals surface area contributed by atoms with Gasteiger partial charge in [-0.05, 0) is 50.1 Å². The van der Waals surface area contributed by atoms with Crippen LogP contribution in [0.4, 0.5) is 5.69 Å². The Hall–Kier alpha value is -2.66. The maximum atomic E-state index is 12.9. The molecule has 1 N–H and O–H groups in total. The van der Waals surface area contributed by atoms with Gasteiger partial charge in [0.15, 0.2) is 0 Å². The highest BCUT2D eigenvalue weighted by Crippen LogP contribution is 2.30. The Kier molecular flexibility index (Phi) is 3.81. The lowest BCUT2D eigenvalue weighted by Crippen LogP contribution is -2.37. The lowest BCUT2D eigenvalue weighted by Gasteiger charge is -2.28. The molecule has 0 bridgehead atoms. The Labute approximate surface area is 150 Å². The summed E-state index contributed by atoms with van der Waals surface area (Å²) in [5.74, 6) is -0.0162. The molecule has 1 aliphatic heterocycles. The summed E-state index contributed by atoms with van der Waals surface area (Å²) in [5.41, 5.74) is 6.39. The zero-order chi connectivity index (χ0) is 17.6. The number of halogens is 1. The molecule has 6 heteroatoms. The van der Waals surface area contributed by atoms with Crippen molar-refractivity contribution in [2.45, 2.75) is 20.3 Å². The molecule has 0 aliphatic carbocycles. The number of hydrogen-bond donors (Lipinski definition) is 1. The third-order valence-corrected chi connectivity index (χ3v) is 4.83. The lowest BCUT2D eigenvalue weighted by molar-refractivity contribution is 0.0980. The number of aromatic amines is 1. The second-order valence-corrected chi connectivity index (χ2v) is 6.69. The molecule has 0 saturated carbocycles. The van der Waals surface area contributed by atoms with Gasteiger partial charge in [0.05, 0.1) is 17.6 Å². The van der Waals surface area contributed by atoms with E-state index in [0.29, 0.717) is 17.1 Å². The van der Waals surface area contributed by atoms with Gasteiger partial charge >= 0.3 is 0 Å². The van der Waals surface area contributed by atoms with E-state index in [-0.39, 0.29) is 5.91 Å². The summed E-state index contributed by atoms with van der Waals surface area (Å²) in [6.45, 7) is 4.55. The highest BCUT2D eigenvalue weighted by atomic mass is 35.5. The van der Waals surface area contributed by atoms with E-state index in [4.69, 9.17) is 11.6 Å². The number of pyridine rings is 1. The van der Waals surface area contributed by atoms with Crippen molar-refractivity contribution in [2.75, 3.05) is 11.4 Å². The summed E-state index contributed by atoms with van der Waals surface area (Å²) in [7, 11) is 0. The number of amides is 1. The Morgan fingerprint density at radius 1 is 1.20 bits per heavy atom. The smallest absolute Gasteiger partial charge is 0.258 e. The molecule has 0 spiro atoms. The number of carbonyl (C=O) groups is 1. The molecule has 1 aliphatic rings. The Morgan fingerprint density at radius 3 is 2.80 bits per heavy atom. The van der Waals surface area contributed by atoms with Crippen LogP contribution in [-0.2, 0) is 6.42 Å². The average Bonchev–Trinajstić information content (AvgIpc) is 2.94. The van der Waals surface area contributed by atoms with E-state index in [9.17, 15) is 4.79 Å². The number of nitrogens with one attached hydrogen (secondary N) is 1. The van der Waals surface area contributed by atoms with Crippen LogP contribution >= 0.6 is 11.6 Å². The number of rotatable bonds is 2. The topological polar surface area (TPSA) is 61.9 Å². The lowest BCUT2D eigenvalue weighted by atomic mass is 9.98. The maximum absolute atomic E-state index is 12.9. The van der Waals surface area contributed by atoms with Crippen LogP contribution in [0.25, 0.3) is 11.1 Å². The van der Waals surface area contributed by atoms with E-state index in [1.165, 1.54) is 0 Å². The van der Waals surface area contributed by atoms with Gasteiger partial charge in [-0.15, -0.1) is 0 Å². The predicted octanol–water partition coefficient (Wildman–Crippen LogP) is 3.94. The Bertz CT molecular complexity index is 960. The Balaban J connectivity index is 1.73. The summed E-state index contributed by atoms with van der Waals surface area (Å²) in [6, 6.07) is 7.43. The number of aromatic nitrogens is 3. The largest absolute Gasteiger partial charge is 0.306 e. The summed E-state index contributed by atoms with van der Waals surface area (Å²) >= 11 is 6.04. The summed E-state index contributed by atoms with van der Waals surface area (Å²) in [6.07, 6.45) is 4.30. The number of H-pyrrole nitrogens is 1. The third kappa shape index (κ3) is 2.70. The maximum Gasteiger partial charge on any atom is 0.258 e. The number of fused-ring (bicyclic) bond motifs is 1. The van der Waals surface area contributed by atoms with Crippen LogP contribution in [0.1, 0.15) is 27.3 Å². The predicted molar refractivity (Wildman–Crippen MR) is 98.1 cm³/mol. The van der Waals surface area contributed by atoms with Crippen LogP contribution in [0.5, 0.6) is 0 Å². The second-order valence-electron chi connectivity index (χ2n) is 6.25. The van der Waals surface area contributed by atoms with Gasteiger partial charge in [0, 0.05) is 40.1 Å². The zero-order valence-electron chi connectivity index (χ0n) is 14.0. The molecular weight excluding hydrogens is 336 g/mol. The second kappa shape index (κ2) is 6.01. The highest BCUT2D eigenvalue weighted by molar-refractivity contribution is 6.30. The van der Waals surface area contributed by atoms with Crippen LogP contribution in [0.15, 0.2) is 36.7 Å². The van der Waals surface area contributed by atoms with E-state index in [0.717, 1.165) is 40.2 Å². The van der Waals surface area contributed by atoms with Gasteiger partial charge in [-0.2, -0.15) is 5.10 Å². The van der Waals surface area contributed by atoms with Crippen LogP contribution < -0.4 is 4.90 Å². The molecule has 0 radical (unpaired) electrons. The van der Waals surface area contributed by atoms with Crippen molar-refractivity contribution in [3.05, 3.63) is 64.2 Å². The van der Waals surface area contributed by atoms with Gasteiger partial charge in [-0.3, -0.25) is 14.9 Å². The van der Waals surface area contributed by atoms with Gasteiger partial charge in [0.2, 0.25) is 0 Å². The summed E-state index contributed by atoms with van der Waals surface area (Å²) in [4.78, 5) is 19.0. The molecule has 5 nitrogen and oxygen atoms in total. The first-order valence-corrected chi connectivity index (χ1v) is 8.49. The van der Waals surface area contributed by atoms with Crippen molar-refractivity contribution in [3.63, 3.8) is 0 Å². The zero-order valence-corrected chi connectivity index (χ0v) is 14.8. The van der Waals surface area contributed by atoms with Crippen molar-refractivity contribution in [2.24, 2.45) is 0 Å². The third-order valence-electron chi connectivity index (χ3n) is 4.60. The number of aryl methyl sites for hydroxylation is 2. The van der Waals surface area contributed by atoms with E-state index >= 15 is 0 Å². The molecule has 25 heavy (non-hydrogen) atoms. The minimum Gasteiger partial charge on any atom is -0.306 e. The van der Waals surface area contributed by atoms with E-state index in [2.05, 4.69) is 15.2 Å². The number of hydrogen-bond acceptors (Lipinski definition) is 3. The molecule has 1 amide bonds. The fraction of sp³-hybridized carbons (Fsp3) is 0.211. The van der Waals surface area contributed by atoms with Crippen molar-refractivity contribution in [1.29, 1.82) is 0 Å². The SMILES string of the molecule is Cc1n[nH]c(C)c1-c1cncc(N2CCc3cc(Cl)ccc3C2=O)c1. The number of anilines is 1. The van der Waals surface area contributed by atoms with E-state index in [1.807, 2.05) is 26.0 Å². The molecular formula is C19H17ClN4O. The molecule has 2 aromatic heterocycles. The molecule has 0 unspecified atom stereocenters. The van der Waals surface area contributed by atoms with Crippen LogP contribution in [0.2, 0.25) is 5.02 Å². The first kappa shape index (κ1) is 15.8. The number of benzene rings is 1. The number of nitrogens with zero attached hydrogens (tertiary/aromatic N) is 3. The van der Waals surface area contributed by atoms with Crippen molar-refractivity contribution in [1.82, 2.24) is 15.2 Å². The minimum absolute atomic E-state index is 0.0162. The molecule has 126 valence electrons. The molecule has 0 fully saturated rings. The van der Waals surface area contributed by atoms with Gasteiger partial charge in [0.1, 0.15) is 0 Å². The van der Waals surface area contributed by atoms with Gasteiger partial charge in [-0.25, -0.2) is 0 Å². The quantitative estimate of drug-likeness (QED) is 0.759. The van der Waals surface area contributed by atoms with Gasteiger partial charge < -0.3 is 4.90 Å². The normalized spacial score (nSPS) is 13.9. The first-order valence-electron chi connectivity index (χ1n) is 8.12. The molecule has 3 heterocycles. The van der Waals surface area contributed by atoms with Gasteiger partial charge in [-0.1, -0.05) is 11.6 Å². The van der Waals surface area contributed by atoms with E-state index in [1.54, 1.807) is 29.4 Å². The van der Waals surface area contributed by atoms with Crippen LogP contribution in [-0.4, -0.2) is 27.6 Å². The molecule has 4 rings (SSSR count). The summed E-state index contributed by atoms with van der Waals surface area (Å²) < 4.78 is 0. The average molecular weight is 353 g/mol. The molecule has 0 saturated heterocycles. The van der Waals surface area contributed by atoms with Gasteiger partial charge in [0.25, 0.3) is 5.91 Å². The fourth-order valence-corrected chi connectivity index (χ4v) is 3.59. The van der Waals surface area contributed by atoms with Crippen LogP contribution in [0, 0.1) is 13.8 Å². The monoisotopic (exact) mass is 352 g/mol. The minimum atomic E-state index is -0.0162. The van der Waals surface area contributed by atoms with Crippen molar-refractivity contribution in [3.8, 4) is 11.1 Å². The van der Waals surface area contributed by atoms with Crippen molar-refractivity contribution >= 4 is 23.2 Å².